The molecular weight excluding hydrogens is 174 g/mol. The van der Waals surface area contributed by atoms with Crippen LogP contribution in [-0.4, -0.2) is 9.55 Å². The number of hydrogen-bond donors (Lipinski definition) is 0. The fourth-order valence-corrected chi connectivity index (χ4v) is 1.49. The van der Waals surface area contributed by atoms with Gasteiger partial charge in [0.2, 0.25) is 0 Å². The van der Waals surface area contributed by atoms with Gasteiger partial charge >= 0.3 is 0 Å². The predicted molar refractivity (Wildman–Crippen MR) is 55.8 cm³/mol. The minimum Gasteiger partial charge on any atom is -0.319 e. The van der Waals surface area contributed by atoms with E-state index in [9.17, 15) is 0 Å². The SMILES string of the molecule is CCCCCc1nccn1C(C)C#N. The van der Waals surface area contributed by atoms with E-state index in [0.717, 1.165) is 18.7 Å². The Morgan fingerprint density at radius 1 is 1.57 bits per heavy atom. The van der Waals surface area contributed by atoms with Crippen molar-refractivity contribution in [3.05, 3.63) is 18.2 Å². The first-order chi connectivity index (χ1) is 6.79. The summed E-state index contributed by atoms with van der Waals surface area (Å²) < 4.78 is 1.95. The monoisotopic (exact) mass is 191 g/mol. The lowest BCUT2D eigenvalue weighted by atomic mass is 10.2. The van der Waals surface area contributed by atoms with E-state index in [2.05, 4.69) is 18.0 Å². The zero-order chi connectivity index (χ0) is 10.4. The van der Waals surface area contributed by atoms with E-state index >= 15 is 0 Å². The standard InChI is InChI=1S/C11H17N3/c1-3-4-5-6-11-13-7-8-14(11)10(2)9-12/h7-8,10H,3-6H2,1-2H3. The highest BCUT2D eigenvalue weighted by Crippen LogP contribution is 2.10. The summed E-state index contributed by atoms with van der Waals surface area (Å²) >= 11 is 0. The molecule has 1 rings (SSSR count). The Labute approximate surface area is 85.4 Å². The molecule has 0 aromatic carbocycles. The average molecular weight is 191 g/mol. The number of aryl methyl sites for hydroxylation is 1. The smallest absolute Gasteiger partial charge is 0.119 e. The van der Waals surface area contributed by atoms with Gasteiger partial charge in [-0.15, -0.1) is 0 Å². The van der Waals surface area contributed by atoms with Gasteiger partial charge in [-0.2, -0.15) is 5.26 Å². The van der Waals surface area contributed by atoms with Crippen LogP contribution in [0.15, 0.2) is 12.4 Å². The van der Waals surface area contributed by atoms with Crippen molar-refractivity contribution in [3.8, 4) is 6.07 Å². The molecule has 3 nitrogen and oxygen atoms in total. The Bertz CT molecular complexity index is 309. The van der Waals surface area contributed by atoms with Gasteiger partial charge in [-0.1, -0.05) is 19.8 Å². The van der Waals surface area contributed by atoms with Crippen molar-refractivity contribution >= 4 is 0 Å². The Balaban J connectivity index is 2.59. The number of hydrogen-bond acceptors (Lipinski definition) is 2. The van der Waals surface area contributed by atoms with Crippen molar-refractivity contribution in [2.45, 2.75) is 45.6 Å². The van der Waals surface area contributed by atoms with Gasteiger partial charge in [0.25, 0.3) is 0 Å². The molecule has 0 fully saturated rings. The third-order valence-corrected chi connectivity index (χ3v) is 2.36. The van der Waals surface area contributed by atoms with Gasteiger partial charge in [0.1, 0.15) is 11.9 Å². The molecule has 0 N–H and O–H groups in total. The summed E-state index contributed by atoms with van der Waals surface area (Å²) in [6, 6.07) is 2.12. The van der Waals surface area contributed by atoms with Crippen LogP contribution in [0, 0.1) is 11.3 Å². The van der Waals surface area contributed by atoms with Gasteiger partial charge < -0.3 is 4.57 Å². The van der Waals surface area contributed by atoms with Crippen LogP contribution >= 0.6 is 0 Å². The van der Waals surface area contributed by atoms with Crippen molar-refractivity contribution in [3.63, 3.8) is 0 Å². The van der Waals surface area contributed by atoms with E-state index in [0.29, 0.717) is 0 Å². The lowest BCUT2D eigenvalue weighted by Gasteiger charge is -2.08. The molecule has 0 aliphatic heterocycles. The van der Waals surface area contributed by atoms with Crippen molar-refractivity contribution in [2.24, 2.45) is 0 Å². The topological polar surface area (TPSA) is 41.6 Å². The number of nitriles is 1. The molecule has 0 spiro atoms. The number of imidazole rings is 1. The fourth-order valence-electron chi connectivity index (χ4n) is 1.49. The zero-order valence-corrected chi connectivity index (χ0v) is 8.90. The predicted octanol–water partition coefficient (Wildman–Crippen LogP) is 2.70. The minimum absolute atomic E-state index is 0.103. The van der Waals surface area contributed by atoms with E-state index in [1.165, 1.54) is 12.8 Å². The summed E-state index contributed by atoms with van der Waals surface area (Å²) in [4.78, 5) is 4.27. The summed E-state index contributed by atoms with van der Waals surface area (Å²) in [7, 11) is 0. The molecule has 1 atom stereocenters. The zero-order valence-electron chi connectivity index (χ0n) is 8.90. The highest BCUT2D eigenvalue weighted by molar-refractivity contribution is 5.00. The summed E-state index contributed by atoms with van der Waals surface area (Å²) in [5.74, 6) is 1.03. The normalized spacial score (nSPS) is 12.4. The molecule has 1 aromatic rings. The lowest BCUT2D eigenvalue weighted by Crippen LogP contribution is -2.06. The molecule has 1 unspecified atom stereocenters. The second-order valence-electron chi connectivity index (χ2n) is 3.51. The van der Waals surface area contributed by atoms with Crippen molar-refractivity contribution in [2.75, 3.05) is 0 Å². The van der Waals surface area contributed by atoms with Gasteiger partial charge in [-0.05, 0) is 13.3 Å². The summed E-state index contributed by atoms with van der Waals surface area (Å²) in [6.45, 7) is 4.08. The molecule has 76 valence electrons. The quantitative estimate of drug-likeness (QED) is 0.671. The summed E-state index contributed by atoms with van der Waals surface area (Å²) in [6.07, 6.45) is 8.24. The highest BCUT2D eigenvalue weighted by Gasteiger charge is 2.07. The van der Waals surface area contributed by atoms with E-state index < -0.39 is 0 Å². The first kappa shape index (κ1) is 10.8. The maximum Gasteiger partial charge on any atom is 0.119 e. The first-order valence-corrected chi connectivity index (χ1v) is 5.21. The highest BCUT2D eigenvalue weighted by atomic mass is 15.1. The molecule has 1 heterocycles. The molecule has 0 saturated heterocycles. The van der Waals surface area contributed by atoms with Crippen LogP contribution in [-0.2, 0) is 6.42 Å². The van der Waals surface area contributed by atoms with Crippen molar-refractivity contribution in [1.82, 2.24) is 9.55 Å². The maximum absolute atomic E-state index is 8.80. The number of nitrogens with zero attached hydrogens (tertiary/aromatic N) is 3. The Morgan fingerprint density at radius 3 is 3.00 bits per heavy atom. The summed E-state index contributed by atoms with van der Waals surface area (Å²) in [5, 5.41) is 8.80. The van der Waals surface area contributed by atoms with Crippen LogP contribution < -0.4 is 0 Å². The van der Waals surface area contributed by atoms with Gasteiger partial charge in [0.05, 0.1) is 6.07 Å². The average Bonchev–Trinajstić information content (AvgIpc) is 2.65. The third kappa shape index (κ3) is 2.59. The number of unbranched alkanes of at least 4 members (excludes halogenated alkanes) is 2. The van der Waals surface area contributed by atoms with Crippen LogP contribution in [0.4, 0.5) is 0 Å². The van der Waals surface area contributed by atoms with Gasteiger partial charge in [0, 0.05) is 18.8 Å². The Morgan fingerprint density at radius 2 is 2.36 bits per heavy atom. The van der Waals surface area contributed by atoms with Crippen LogP contribution in [0.3, 0.4) is 0 Å². The second kappa shape index (κ2) is 5.43. The van der Waals surface area contributed by atoms with Crippen molar-refractivity contribution < 1.29 is 0 Å². The van der Waals surface area contributed by atoms with Gasteiger partial charge in [-0.3, -0.25) is 0 Å². The lowest BCUT2D eigenvalue weighted by molar-refractivity contribution is 0.602. The molecule has 0 radical (unpaired) electrons. The molecule has 0 amide bonds. The Kier molecular flexibility index (Phi) is 4.18. The second-order valence-corrected chi connectivity index (χ2v) is 3.51. The Hall–Kier alpha value is -1.30. The number of rotatable bonds is 5. The fraction of sp³-hybridized carbons (Fsp3) is 0.636. The van der Waals surface area contributed by atoms with Crippen molar-refractivity contribution in [1.29, 1.82) is 5.26 Å². The van der Waals surface area contributed by atoms with E-state index in [-0.39, 0.29) is 6.04 Å². The molecule has 0 saturated carbocycles. The van der Waals surface area contributed by atoms with Crippen LogP contribution in [0.1, 0.15) is 45.0 Å². The van der Waals surface area contributed by atoms with E-state index in [1.807, 2.05) is 17.7 Å². The molecule has 0 aliphatic rings. The van der Waals surface area contributed by atoms with Crippen LogP contribution in [0.2, 0.25) is 0 Å². The molecular formula is C11H17N3. The first-order valence-electron chi connectivity index (χ1n) is 5.21. The maximum atomic E-state index is 8.80. The van der Waals surface area contributed by atoms with Crippen LogP contribution in [0.25, 0.3) is 0 Å². The molecule has 3 heteroatoms. The molecule has 0 bridgehead atoms. The molecule has 14 heavy (non-hydrogen) atoms. The molecule has 1 aromatic heterocycles. The van der Waals surface area contributed by atoms with Gasteiger partial charge in [0.15, 0.2) is 0 Å². The summed E-state index contributed by atoms with van der Waals surface area (Å²) in [5.41, 5.74) is 0. The van der Waals surface area contributed by atoms with E-state index in [4.69, 9.17) is 5.26 Å². The number of aromatic nitrogens is 2. The largest absolute Gasteiger partial charge is 0.319 e. The van der Waals surface area contributed by atoms with E-state index in [1.54, 1.807) is 6.20 Å². The third-order valence-electron chi connectivity index (χ3n) is 2.36. The van der Waals surface area contributed by atoms with Gasteiger partial charge in [-0.25, -0.2) is 4.98 Å². The minimum atomic E-state index is -0.103. The molecule has 0 aliphatic carbocycles. The van der Waals surface area contributed by atoms with Crippen LogP contribution in [0.5, 0.6) is 0 Å².